The Hall–Kier alpha value is -0.780. The van der Waals surface area contributed by atoms with Crippen molar-refractivity contribution in [2.24, 2.45) is 5.73 Å². The van der Waals surface area contributed by atoms with E-state index >= 15 is 0 Å². The molecular formula is C10H17NO. The van der Waals surface area contributed by atoms with Crippen LogP contribution < -0.4 is 5.73 Å². The van der Waals surface area contributed by atoms with E-state index in [0.29, 0.717) is 13.0 Å². The van der Waals surface area contributed by atoms with E-state index in [4.69, 9.17) is 16.9 Å². The van der Waals surface area contributed by atoms with Crippen LogP contribution in [0, 0.1) is 12.3 Å². The molecule has 0 aromatic rings. The van der Waals surface area contributed by atoms with Gasteiger partial charge in [-0.15, -0.1) is 12.3 Å². The Morgan fingerprint density at radius 3 is 2.92 bits per heavy atom. The van der Waals surface area contributed by atoms with Crippen molar-refractivity contribution in [3.63, 3.8) is 0 Å². The summed E-state index contributed by atoms with van der Waals surface area (Å²) in [6.45, 7) is 1.39. The summed E-state index contributed by atoms with van der Waals surface area (Å²) in [5.41, 5.74) is 6.64. The third kappa shape index (κ3) is 5.96. The van der Waals surface area contributed by atoms with Crippen LogP contribution >= 0.6 is 0 Å². The first-order valence-corrected chi connectivity index (χ1v) is 4.15. The van der Waals surface area contributed by atoms with Crippen molar-refractivity contribution in [2.75, 3.05) is 20.3 Å². The number of hydrogen-bond acceptors (Lipinski definition) is 2. The van der Waals surface area contributed by atoms with E-state index < -0.39 is 0 Å². The quantitative estimate of drug-likeness (QED) is 0.478. The van der Waals surface area contributed by atoms with Crippen LogP contribution in [0.4, 0.5) is 0 Å². The molecule has 0 bridgehead atoms. The van der Waals surface area contributed by atoms with Gasteiger partial charge in [0.25, 0.3) is 0 Å². The van der Waals surface area contributed by atoms with Crippen molar-refractivity contribution in [3.8, 4) is 12.3 Å². The van der Waals surface area contributed by atoms with Gasteiger partial charge in [-0.05, 0) is 25.0 Å². The van der Waals surface area contributed by atoms with Gasteiger partial charge >= 0.3 is 0 Å². The van der Waals surface area contributed by atoms with Crippen LogP contribution in [0.2, 0.25) is 0 Å². The van der Waals surface area contributed by atoms with Crippen LogP contribution in [-0.4, -0.2) is 20.3 Å². The van der Waals surface area contributed by atoms with E-state index in [1.807, 2.05) is 6.08 Å². The number of allylic oxidation sites excluding steroid dienone is 1. The molecule has 0 aliphatic rings. The molecule has 0 rings (SSSR count). The van der Waals surface area contributed by atoms with Crippen molar-refractivity contribution >= 4 is 0 Å². The van der Waals surface area contributed by atoms with Crippen LogP contribution in [0.25, 0.3) is 0 Å². The minimum atomic E-state index is 0.668. The number of ether oxygens (including phenoxy) is 1. The van der Waals surface area contributed by atoms with Crippen molar-refractivity contribution in [1.29, 1.82) is 0 Å². The second-order valence-electron chi connectivity index (χ2n) is 2.60. The maximum atomic E-state index is 5.39. The molecule has 68 valence electrons. The Bertz CT molecular complexity index is 167. The molecule has 0 saturated heterocycles. The molecule has 0 atom stereocenters. The SMILES string of the molecule is C#CCC=C(CCCN)COC. The second kappa shape index (κ2) is 8.32. The zero-order valence-corrected chi connectivity index (χ0v) is 7.68. The Kier molecular flexibility index (Phi) is 7.78. The molecule has 0 aliphatic carbocycles. The van der Waals surface area contributed by atoms with Crippen LogP contribution in [0.3, 0.4) is 0 Å². The highest BCUT2D eigenvalue weighted by molar-refractivity contribution is 5.07. The van der Waals surface area contributed by atoms with Crippen LogP contribution in [0.1, 0.15) is 19.3 Å². The van der Waals surface area contributed by atoms with Gasteiger partial charge in [0.2, 0.25) is 0 Å². The first-order chi connectivity index (χ1) is 5.85. The van der Waals surface area contributed by atoms with Crippen molar-refractivity contribution in [2.45, 2.75) is 19.3 Å². The van der Waals surface area contributed by atoms with Crippen molar-refractivity contribution < 1.29 is 4.74 Å². The summed E-state index contributed by atoms with van der Waals surface area (Å²) >= 11 is 0. The highest BCUT2D eigenvalue weighted by Gasteiger charge is 1.94. The summed E-state index contributed by atoms with van der Waals surface area (Å²) in [5, 5.41) is 0. The zero-order chi connectivity index (χ0) is 9.23. The predicted octanol–water partition coefficient (Wildman–Crippen LogP) is 1.32. The Labute approximate surface area is 74.8 Å². The Morgan fingerprint density at radius 2 is 2.42 bits per heavy atom. The fraction of sp³-hybridized carbons (Fsp3) is 0.600. The lowest BCUT2D eigenvalue weighted by Crippen LogP contribution is -2.01. The standard InChI is InChI=1S/C10H17NO/c1-3-4-6-10(9-12-2)7-5-8-11/h1,6H,4-5,7-9,11H2,2H3. The molecule has 2 heteroatoms. The summed E-state index contributed by atoms with van der Waals surface area (Å²) in [6.07, 6.45) is 9.86. The highest BCUT2D eigenvalue weighted by Crippen LogP contribution is 2.05. The number of terminal acetylenes is 1. The fourth-order valence-electron chi connectivity index (χ4n) is 0.951. The van der Waals surface area contributed by atoms with Crippen LogP contribution in [-0.2, 0) is 4.74 Å². The topological polar surface area (TPSA) is 35.2 Å². The third-order valence-corrected chi connectivity index (χ3v) is 1.54. The maximum Gasteiger partial charge on any atom is 0.0673 e. The summed E-state index contributed by atoms with van der Waals surface area (Å²) in [4.78, 5) is 0. The molecular weight excluding hydrogens is 150 g/mol. The molecule has 0 saturated carbocycles. The average Bonchev–Trinajstić information content (AvgIpc) is 2.10. The summed E-state index contributed by atoms with van der Waals surface area (Å²) in [6, 6.07) is 0. The van der Waals surface area contributed by atoms with Gasteiger partial charge in [-0.25, -0.2) is 0 Å². The van der Waals surface area contributed by atoms with Gasteiger partial charge in [-0.3, -0.25) is 0 Å². The second-order valence-corrected chi connectivity index (χ2v) is 2.60. The molecule has 2 nitrogen and oxygen atoms in total. The Balaban J connectivity index is 3.77. The van der Waals surface area contributed by atoms with Crippen LogP contribution in [0.15, 0.2) is 11.6 Å². The molecule has 0 aromatic heterocycles. The van der Waals surface area contributed by atoms with E-state index in [1.54, 1.807) is 7.11 Å². The normalized spacial score (nSPS) is 11.2. The summed E-state index contributed by atoms with van der Waals surface area (Å²) in [5.74, 6) is 2.57. The molecule has 0 radical (unpaired) electrons. The molecule has 0 heterocycles. The zero-order valence-electron chi connectivity index (χ0n) is 7.68. The van der Waals surface area contributed by atoms with Gasteiger partial charge in [-0.2, -0.15) is 0 Å². The number of hydrogen-bond donors (Lipinski definition) is 1. The smallest absolute Gasteiger partial charge is 0.0673 e. The lowest BCUT2D eigenvalue weighted by atomic mass is 10.1. The fourth-order valence-corrected chi connectivity index (χ4v) is 0.951. The minimum absolute atomic E-state index is 0.668. The van der Waals surface area contributed by atoms with Gasteiger partial charge in [0.1, 0.15) is 0 Å². The first kappa shape index (κ1) is 11.2. The van der Waals surface area contributed by atoms with Crippen molar-refractivity contribution in [1.82, 2.24) is 0 Å². The molecule has 0 fully saturated rings. The summed E-state index contributed by atoms with van der Waals surface area (Å²) in [7, 11) is 1.69. The molecule has 0 aliphatic heterocycles. The molecule has 2 N–H and O–H groups in total. The largest absolute Gasteiger partial charge is 0.380 e. The van der Waals surface area contributed by atoms with Crippen molar-refractivity contribution in [3.05, 3.63) is 11.6 Å². The molecule has 0 spiro atoms. The Morgan fingerprint density at radius 1 is 1.67 bits per heavy atom. The van der Waals surface area contributed by atoms with E-state index in [0.717, 1.165) is 19.4 Å². The maximum absolute atomic E-state index is 5.39. The highest BCUT2D eigenvalue weighted by atomic mass is 16.5. The molecule has 12 heavy (non-hydrogen) atoms. The van der Waals surface area contributed by atoms with E-state index in [1.165, 1.54) is 5.57 Å². The average molecular weight is 167 g/mol. The summed E-state index contributed by atoms with van der Waals surface area (Å²) < 4.78 is 5.02. The molecule has 0 aromatic carbocycles. The minimum Gasteiger partial charge on any atom is -0.380 e. The molecule has 0 amide bonds. The van der Waals surface area contributed by atoms with Gasteiger partial charge < -0.3 is 10.5 Å². The van der Waals surface area contributed by atoms with Gasteiger partial charge in [-0.1, -0.05) is 6.08 Å². The monoisotopic (exact) mass is 167 g/mol. The predicted molar refractivity (Wildman–Crippen MR) is 51.7 cm³/mol. The molecule has 0 unspecified atom stereocenters. The van der Waals surface area contributed by atoms with E-state index in [9.17, 15) is 0 Å². The first-order valence-electron chi connectivity index (χ1n) is 4.15. The number of methoxy groups -OCH3 is 1. The number of rotatable bonds is 6. The van der Waals surface area contributed by atoms with Gasteiger partial charge in [0, 0.05) is 13.5 Å². The van der Waals surface area contributed by atoms with Gasteiger partial charge in [0.05, 0.1) is 6.61 Å². The third-order valence-electron chi connectivity index (χ3n) is 1.54. The van der Waals surface area contributed by atoms with E-state index in [-0.39, 0.29) is 0 Å². The van der Waals surface area contributed by atoms with Crippen LogP contribution in [0.5, 0.6) is 0 Å². The van der Waals surface area contributed by atoms with Gasteiger partial charge in [0.15, 0.2) is 0 Å². The lowest BCUT2D eigenvalue weighted by molar-refractivity contribution is 0.222. The number of nitrogens with two attached hydrogens (primary N) is 1. The lowest BCUT2D eigenvalue weighted by Gasteiger charge is -2.04. The van der Waals surface area contributed by atoms with E-state index in [2.05, 4.69) is 5.92 Å².